The molecule has 492 valence electrons. The molecule has 0 rings (SSSR count). The fourth-order valence-electron chi connectivity index (χ4n) is 9.33. The van der Waals surface area contributed by atoms with Crippen LogP contribution in [0.3, 0.4) is 0 Å². The minimum atomic E-state index is -4.95. The topological polar surface area (TPSA) is 237 Å². The zero-order chi connectivity index (χ0) is 61.8. The molecule has 5 unspecified atom stereocenters. The van der Waals surface area contributed by atoms with E-state index in [1.165, 1.54) is 96.3 Å². The number of aliphatic hydroxyl groups excluding tert-OH is 1. The van der Waals surface area contributed by atoms with Crippen molar-refractivity contribution < 1.29 is 80.2 Å². The second kappa shape index (κ2) is 54.2. The van der Waals surface area contributed by atoms with Crippen molar-refractivity contribution in [3.63, 3.8) is 0 Å². The fourth-order valence-corrected chi connectivity index (χ4v) is 10.9. The molecule has 0 spiro atoms. The Bertz CT molecular complexity index is 1670. The predicted octanol–water partition coefficient (Wildman–Crippen LogP) is 17.4. The number of phosphoric ester groups is 2. The van der Waals surface area contributed by atoms with Gasteiger partial charge in [-0.3, -0.25) is 37.3 Å². The zero-order valence-electron chi connectivity index (χ0n) is 53.8. The van der Waals surface area contributed by atoms with Crippen LogP contribution in [-0.2, 0) is 65.4 Å². The maximum atomic E-state index is 13.0. The normalized spacial score (nSPS) is 15.4. The number of carbonyl (C=O) groups is 4. The molecule has 0 aromatic carbocycles. The molecular formula is C64H124O17P2. The van der Waals surface area contributed by atoms with Crippen LogP contribution in [0.25, 0.3) is 0 Å². The average molecular weight is 1230 g/mol. The minimum Gasteiger partial charge on any atom is -0.462 e. The summed E-state index contributed by atoms with van der Waals surface area (Å²) in [7, 11) is -9.89. The molecule has 0 heterocycles. The van der Waals surface area contributed by atoms with Gasteiger partial charge in [0.25, 0.3) is 0 Å². The van der Waals surface area contributed by atoms with Crippen molar-refractivity contribution in [3.8, 4) is 0 Å². The molecule has 0 aliphatic rings. The largest absolute Gasteiger partial charge is 0.472 e. The summed E-state index contributed by atoms with van der Waals surface area (Å²) in [6, 6.07) is 0. The van der Waals surface area contributed by atoms with E-state index in [1.807, 2.05) is 0 Å². The summed E-state index contributed by atoms with van der Waals surface area (Å²) >= 11 is 0. The average Bonchev–Trinajstić information content (AvgIpc) is 3.48. The summed E-state index contributed by atoms with van der Waals surface area (Å²) < 4.78 is 68.0. The van der Waals surface area contributed by atoms with Crippen molar-refractivity contribution in [2.75, 3.05) is 39.6 Å². The highest BCUT2D eigenvalue weighted by molar-refractivity contribution is 7.47. The van der Waals surface area contributed by atoms with Gasteiger partial charge in [-0.25, -0.2) is 9.13 Å². The van der Waals surface area contributed by atoms with Gasteiger partial charge in [-0.15, -0.1) is 0 Å². The predicted molar refractivity (Wildman–Crippen MR) is 331 cm³/mol. The molecule has 0 saturated carbocycles. The lowest BCUT2D eigenvalue weighted by molar-refractivity contribution is -0.161. The fraction of sp³-hybridized carbons (Fsp3) is 0.938. The van der Waals surface area contributed by atoms with Gasteiger partial charge in [0.05, 0.1) is 26.4 Å². The summed E-state index contributed by atoms with van der Waals surface area (Å²) in [5.41, 5.74) is 0. The van der Waals surface area contributed by atoms with Crippen molar-refractivity contribution in [2.45, 2.75) is 324 Å². The Morgan fingerprint density at radius 1 is 0.337 bits per heavy atom. The standard InChI is InChI=1S/C64H124O17P2/c1-9-55(6)41-33-25-16-14-12-13-15-17-30-38-46-63(68)80-59(50-75-62(67)45-37-29-22-19-26-34-42-56(7)10-2)52-78-82(70,71)76-48-58(65)49-77-83(72,73)79-53-60(51-74-61(66)44-36-28-21-18-24-32-40-54(4)5)81-64(69)47-39-31-23-20-27-35-43-57(8)11-3/h54-60,65H,9-53H2,1-8H3,(H,70,71)(H,72,73)/t55?,56?,57?,58-,59-,60-/m1/s1. The van der Waals surface area contributed by atoms with E-state index >= 15 is 0 Å². The van der Waals surface area contributed by atoms with E-state index in [-0.39, 0.29) is 25.7 Å². The third-order valence-corrected chi connectivity index (χ3v) is 17.6. The van der Waals surface area contributed by atoms with Crippen molar-refractivity contribution in [3.05, 3.63) is 0 Å². The molecule has 83 heavy (non-hydrogen) atoms. The van der Waals surface area contributed by atoms with E-state index in [2.05, 4.69) is 55.4 Å². The SMILES string of the molecule is CCC(C)CCCCCCCCCCCCC(=O)O[C@H](COC(=O)CCCCCCCCC(C)CC)COP(=O)(O)OC[C@@H](O)COP(=O)(O)OC[C@@H](COC(=O)CCCCCCCCC(C)C)OC(=O)CCCCCCCCC(C)CC. The van der Waals surface area contributed by atoms with Gasteiger partial charge in [0.2, 0.25) is 0 Å². The van der Waals surface area contributed by atoms with Gasteiger partial charge in [-0.05, 0) is 49.4 Å². The Kier molecular flexibility index (Phi) is 53.0. The highest BCUT2D eigenvalue weighted by atomic mass is 31.2. The number of unbranched alkanes of at least 4 members (excludes halogenated alkanes) is 24. The molecule has 0 aromatic rings. The number of esters is 4. The first kappa shape index (κ1) is 81.1. The highest BCUT2D eigenvalue weighted by Crippen LogP contribution is 2.45. The third kappa shape index (κ3) is 55.1. The van der Waals surface area contributed by atoms with Crippen molar-refractivity contribution in [1.82, 2.24) is 0 Å². The zero-order valence-corrected chi connectivity index (χ0v) is 55.6. The second-order valence-corrected chi connectivity index (χ2v) is 27.3. The molecule has 8 atom stereocenters. The minimum absolute atomic E-state index is 0.101. The van der Waals surface area contributed by atoms with Crippen LogP contribution in [0.15, 0.2) is 0 Å². The second-order valence-electron chi connectivity index (χ2n) is 24.4. The number of phosphoric acid groups is 2. The lowest BCUT2D eigenvalue weighted by atomic mass is 9.99. The van der Waals surface area contributed by atoms with E-state index in [9.17, 15) is 43.2 Å². The maximum Gasteiger partial charge on any atom is 0.472 e. The van der Waals surface area contributed by atoms with Crippen LogP contribution in [0.2, 0.25) is 0 Å². The molecule has 0 amide bonds. The molecule has 19 heteroatoms. The molecule has 0 aromatic heterocycles. The quantitative estimate of drug-likeness (QED) is 0.0222. The van der Waals surface area contributed by atoms with Crippen molar-refractivity contribution in [1.29, 1.82) is 0 Å². The number of aliphatic hydroxyl groups is 1. The first-order valence-electron chi connectivity index (χ1n) is 33.3. The first-order valence-corrected chi connectivity index (χ1v) is 36.3. The third-order valence-electron chi connectivity index (χ3n) is 15.7. The van der Waals surface area contributed by atoms with Crippen LogP contribution in [0, 0.1) is 23.7 Å². The lowest BCUT2D eigenvalue weighted by Crippen LogP contribution is -2.30. The van der Waals surface area contributed by atoms with E-state index < -0.39 is 97.5 Å². The van der Waals surface area contributed by atoms with E-state index in [4.69, 9.17) is 37.0 Å². The van der Waals surface area contributed by atoms with E-state index in [0.717, 1.165) is 120 Å². The van der Waals surface area contributed by atoms with Gasteiger partial charge >= 0.3 is 39.5 Å². The summed E-state index contributed by atoms with van der Waals surface area (Å²) in [6.07, 6.45) is 33.6. The summed E-state index contributed by atoms with van der Waals surface area (Å²) in [4.78, 5) is 72.2. The van der Waals surface area contributed by atoms with E-state index in [1.54, 1.807) is 0 Å². The van der Waals surface area contributed by atoms with E-state index in [0.29, 0.717) is 31.6 Å². The molecule has 0 aliphatic carbocycles. The van der Waals surface area contributed by atoms with Crippen LogP contribution in [0.1, 0.15) is 306 Å². The Morgan fingerprint density at radius 3 is 0.855 bits per heavy atom. The molecule has 0 bridgehead atoms. The van der Waals surface area contributed by atoms with Crippen LogP contribution < -0.4 is 0 Å². The molecular weight excluding hydrogens is 1100 g/mol. The molecule has 0 saturated heterocycles. The smallest absolute Gasteiger partial charge is 0.462 e. The number of ether oxygens (including phenoxy) is 4. The lowest BCUT2D eigenvalue weighted by Gasteiger charge is -2.21. The molecule has 0 radical (unpaired) electrons. The Hall–Kier alpha value is -1.94. The maximum absolute atomic E-state index is 13.0. The van der Waals surface area contributed by atoms with Gasteiger partial charge in [-0.1, -0.05) is 254 Å². The van der Waals surface area contributed by atoms with Gasteiger partial charge in [-0.2, -0.15) is 0 Å². The highest BCUT2D eigenvalue weighted by Gasteiger charge is 2.30. The van der Waals surface area contributed by atoms with Crippen LogP contribution in [0.5, 0.6) is 0 Å². The van der Waals surface area contributed by atoms with Gasteiger partial charge in [0.1, 0.15) is 19.3 Å². The number of hydrogen-bond donors (Lipinski definition) is 3. The Morgan fingerprint density at radius 2 is 0.578 bits per heavy atom. The van der Waals surface area contributed by atoms with Crippen molar-refractivity contribution in [2.24, 2.45) is 23.7 Å². The Balaban J connectivity index is 5.26. The molecule has 0 aliphatic heterocycles. The molecule has 3 N–H and O–H groups in total. The van der Waals surface area contributed by atoms with Gasteiger partial charge in [0, 0.05) is 25.7 Å². The van der Waals surface area contributed by atoms with Crippen LogP contribution >= 0.6 is 15.6 Å². The molecule has 17 nitrogen and oxygen atoms in total. The van der Waals surface area contributed by atoms with Gasteiger partial charge < -0.3 is 33.8 Å². The first-order chi connectivity index (χ1) is 39.7. The number of hydrogen-bond acceptors (Lipinski definition) is 15. The number of carbonyl (C=O) groups excluding carboxylic acids is 4. The monoisotopic (exact) mass is 1230 g/mol. The molecule has 0 fully saturated rings. The summed E-state index contributed by atoms with van der Waals surface area (Å²) in [5.74, 6) is 0.790. The Labute approximate surface area is 505 Å². The summed E-state index contributed by atoms with van der Waals surface area (Å²) in [5, 5.41) is 10.5. The van der Waals surface area contributed by atoms with Crippen LogP contribution in [-0.4, -0.2) is 96.7 Å². The van der Waals surface area contributed by atoms with Crippen molar-refractivity contribution >= 4 is 39.5 Å². The van der Waals surface area contributed by atoms with Crippen LogP contribution in [0.4, 0.5) is 0 Å². The summed E-state index contributed by atoms with van der Waals surface area (Å²) in [6.45, 7) is 13.9. The number of rotatable bonds is 61. The van der Waals surface area contributed by atoms with Gasteiger partial charge in [0.15, 0.2) is 12.2 Å².